The van der Waals surface area contributed by atoms with Crippen molar-refractivity contribution in [3.63, 3.8) is 0 Å². The predicted octanol–water partition coefficient (Wildman–Crippen LogP) is 3.52. The number of para-hydroxylation sites is 1. The molecular weight excluding hydrogens is 290 g/mol. The zero-order chi connectivity index (χ0) is 15.2. The van der Waals surface area contributed by atoms with Gasteiger partial charge in [0.25, 0.3) is 0 Å². The molecule has 0 saturated heterocycles. The monoisotopic (exact) mass is 303 g/mol. The quantitative estimate of drug-likeness (QED) is 0.669. The number of hydrogen-bond donors (Lipinski definition) is 2. The number of nitrogens with two attached hydrogens (primary N) is 1. The molecule has 0 heterocycles. The lowest BCUT2D eigenvalue weighted by molar-refractivity contribution is 0.249. The van der Waals surface area contributed by atoms with Gasteiger partial charge < -0.3 is 10.5 Å². The van der Waals surface area contributed by atoms with E-state index in [0.717, 1.165) is 5.56 Å². The third-order valence-corrected chi connectivity index (χ3v) is 2.90. The van der Waals surface area contributed by atoms with Gasteiger partial charge >= 0.3 is 6.03 Å². The first-order valence-corrected chi connectivity index (χ1v) is 6.56. The summed E-state index contributed by atoms with van der Waals surface area (Å²) in [5, 5.41) is 4.54. The summed E-state index contributed by atoms with van der Waals surface area (Å²) >= 11 is 5.84. The van der Waals surface area contributed by atoms with E-state index in [0.29, 0.717) is 22.2 Å². The average molecular weight is 304 g/mol. The SMILES string of the molecule is C/C(=N/NC(N)=O)c1ccccc1Oc1ccc(Cl)cc1. The Morgan fingerprint density at radius 1 is 1.19 bits per heavy atom. The molecule has 0 aromatic heterocycles. The highest BCUT2D eigenvalue weighted by molar-refractivity contribution is 6.30. The largest absolute Gasteiger partial charge is 0.457 e. The average Bonchev–Trinajstić information content (AvgIpc) is 2.48. The van der Waals surface area contributed by atoms with E-state index >= 15 is 0 Å². The lowest BCUT2D eigenvalue weighted by Crippen LogP contribution is -2.25. The molecule has 6 heteroatoms. The second-order valence-corrected chi connectivity index (χ2v) is 4.66. The molecule has 0 spiro atoms. The number of halogens is 1. The van der Waals surface area contributed by atoms with Gasteiger partial charge in [0, 0.05) is 10.6 Å². The summed E-state index contributed by atoms with van der Waals surface area (Å²) in [6.07, 6.45) is 0. The van der Waals surface area contributed by atoms with E-state index in [1.807, 2.05) is 24.3 Å². The van der Waals surface area contributed by atoms with Crippen LogP contribution in [0, 0.1) is 0 Å². The Morgan fingerprint density at radius 2 is 1.86 bits per heavy atom. The van der Waals surface area contributed by atoms with Gasteiger partial charge in [-0.2, -0.15) is 5.10 Å². The van der Waals surface area contributed by atoms with E-state index < -0.39 is 6.03 Å². The summed E-state index contributed by atoms with van der Waals surface area (Å²) in [7, 11) is 0. The minimum atomic E-state index is -0.717. The van der Waals surface area contributed by atoms with Crippen LogP contribution in [0.5, 0.6) is 11.5 Å². The topological polar surface area (TPSA) is 76.7 Å². The summed E-state index contributed by atoms with van der Waals surface area (Å²) in [4.78, 5) is 10.7. The van der Waals surface area contributed by atoms with Gasteiger partial charge in [0.2, 0.25) is 0 Å². The maximum Gasteiger partial charge on any atom is 0.332 e. The molecule has 5 nitrogen and oxygen atoms in total. The Hall–Kier alpha value is -2.53. The Morgan fingerprint density at radius 3 is 2.52 bits per heavy atom. The van der Waals surface area contributed by atoms with Gasteiger partial charge in [-0.1, -0.05) is 23.7 Å². The number of nitrogens with one attached hydrogen (secondary N) is 1. The molecule has 0 radical (unpaired) electrons. The van der Waals surface area contributed by atoms with E-state index in [2.05, 4.69) is 10.5 Å². The number of urea groups is 1. The highest BCUT2D eigenvalue weighted by atomic mass is 35.5. The van der Waals surface area contributed by atoms with Crippen molar-refractivity contribution in [3.8, 4) is 11.5 Å². The van der Waals surface area contributed by atoms with E-state index in [1.54, 1.807) is 31.2 Å². The molecule has 0 aliphatic carbocycles. The van der Waals surface area contributed by atoms with Gasteiger partial charge in [-0.05, 0) is 43.3 Å². The summed E-state index contributed by atoms with van der Waals surface area (Å²) in [6.45, 7) is 1.75. The lowest BCUT2D eigenvalue weighted by Gasteiger charge is -2.11. The van der Waals surface area contributed by atoms with E-state index in [-0.39, 0.29) is 0 Å². The first-order chi connectivity index (χ1) is 10.1. The van der Waals surface area contributed by atoms with Crippen LogP contribution in [0.15, 0.2) is 53.6 Å². The van der Waals surface area contributed by atoms with Gasteiger partial charge in [0.15, 0.2) is 0 Å². The van der Waals surface area contributed by atoms with Gasteiger partial charge in [0.1, 0.15) is 11.5 Å². The first kappa shape index (κ1) is 14.9. The third-order valence-electron chi connectivity index (χ3n) is 2.65. The van der Waals surface area contributed by atoms with Crippen molar-refractivity contribution in [2.75, 3.05) is 0 Å². The fraction of sp³-hybridized carbons (Fsp3) is 0.0667. The highest BCUT2D eigenvalue weighted by Crippen LogP contribution is 2.26. The van der Waals surface area contributed by atoms with E-state index in [1.165, 1.54) is 0 Å². The summed E-state index contributed by atoms with van der Waals surface area (Å²) in [5.74, 6) is 1.27. The molecule has 0 unspecified atom stereocenters. The number of ether oxygens (including phenoxy) is 1. The molecule has 0 saturated carbocycles. The lowest BCUT2D eigenvalue weighted by atomic mass is 10.1. The standard InChI is InChI=1S/C15H14ClN3O2/c1-10(18-19-15(17)20)13-4-2-3-5-14(13)21-12-8-6-11(16)7-9-12/h2-9H,1H3,(H3,17,19,20)/b18-10-. The number of amides is 2. The van der Waals surface area contributed by atoms with Crippen LogP contribution < -0.4 is 15.9 Å². The highest BCUT2D eigenvalue weighted by Gasteiger charge is 2.07. The van der Waals surface area contributed by atoms with E-state index in [9.17, 15) is 4.79 Å². The van der Waals surface area contributed by atoms with Gasteiger partial charge in [-0.15, -0.1) is 0 Å². The molecule has 21 heavy (non-hydrogen) atoms. The van der Waals surface area contributed by atoms with Gasteiger partial charge in [-0.3, -0.25) is 0 Å². The fourth-order valence-corrected chi connectivity index (χ4v) is 1.81. The molecule has 108 valence electrons. The van der Waals surface area contributed by atoms with Crippen LogP contribution >= 0.6 is 11.6 Å². The number of carbonyl (C=O) groups excluding carboxylic acids is 1. The van der Waals surface area contributed by atoms with Crippen molar-refractivity contribution in [1.29, 1.82) is 0 Å². The van der Waals surface area contributed by atoms with E-state index in [4.69, 9.17) is 22.1 Å². The van der Waals surface area contributed by atoms with Crippen molar-refractivity contribution >= 4 is 23.3 Å². The van der Waals surface area contributed by atoms with Crippen molar-refractivity contribution in [2.24, 2.45) is 10.8 Å². The molecule has 2 aromatic carbocycles. The number of hydrogen-bond acceptors (Lipinski definition) is 3. The molecule has 2 amide bonds. The maximum atomic E-state index is 10.7. The first-order valence-electron chi connectivity index (χ1n) is 6.19. The zero-order valence-corrected chi connectivity index (χ0v) is 12.1. The minimum Gasteiger partial charge on any atom is -0.457 e. The number of primary amides is 1. The van der Waals surface area contributed by atoms with Crippen molar-refractivity contribution < 1.29 is 9.53 Å². The van der Waals surface area contributed by atoms with Crippen LogP contribution in [0.3, 0.4) is 0 Å². The number of nitrogens with zero attached hydrogens (tertiary/aromatic N) is 1. The molecule has 0 fully saturated rings. The minimum absolute atomic E-state index is 0.582. The van der Waals surface area contributed by atoms with Crippen molar-refractivity contribution in [3.05, 3.63) is 59.1 Å². The molecule has 2 rings (SSSR count). The Kier molecular flexibility index (Phi) is 4.79. The molecule has 3 N–H and O–H groups in total. The normalized spacial score (nSPS) is 11.0. The smallest absolute Gasteiger partial charge is 0.332 e. The molecule has 2 aromatic rings. The molecule has 0 aliphatic rings. The Balaban J connectivity index is 2.26. The number of benzene rings is 2. The van der Waals surface area contributed by atoms with Crippen molar-refractivity contribution in [1.82, 2.24) is 5.43 Å². The summed E-state index contributed by atoms with van der Waals surface area (Å²) in [6, 6.07) is 13.7. The maximum absolute atomic E-state index is 10.7. The number of hydrazone groups is 1. The number of carbonyl (C=O) groups is 1. The molecular formula is C15H14ClN3O2. The van der Waals surface area contributed by atoms with Gasteiger partial charge in [0.05, 0.1) is 5.71 Å². The third kappa shape index (κ3) is 4.22. The zero-order valence-electron chi connectivity index (χ0n) is 11.3. The van der Waals surface area contributed by atoms with Crippen LogP contribution in [-0.2, 0) is 0 Å². The van der Waals surface area contributed by atoms with Crippen LogP contribution in [0.4, 0.5) is 4.79 Å². The van der Waals surface area contributed by atoms with Crippen LogP contribution in [0.25, 0.3) is 0 Å². The van der Waals surface area contributed by atoms with Crippen LogP contribution in [0.1, 0.15) is 12.5 Å². The fourth-order valence-electron chi connectivity index (χ4n) is 1.68. The van der Waals surface area contributed by atoms with Crippen LogP contribution in [0.2, 0.25) is 5.02 Å². The van der Waals surface area contributed by atoms with Crippen LogP contribution in [-0.4, -0.2) is 11.7 Å². The molecule has 0 bridgehead atoms. The van der Waals surface area contributed by atoms with Gasteiger partial charge in [-0.25, -0.2) is 10.2 Å². The summed E-state index contributed by atoms with van der Waals surface area (Å²) < 4.78 is 5.81. The Labute approximate surface area is 127 Å². The Bertz CT molecular complexity index is 669. The predicted molar refractivity (Wildman–Crippen MR) is 82.9 cm³/mol. The number of rotatable bonds is 4. The second kappa shape index (κ2) is 6.76. The van der Waals surface area contributed by atoms with Crippen molar-refractivity contribution in [2.45, 2.75) is 6.92 Å². The molecule has 0 atom stereocenters. The second-order valence-electron chi connectivity index (χ2n) is 4.23. The summed E-state index contributed by atoms with van der Waals surface area (Å²) in [5.41, 5.74) is 8.52. The molecule has 0 aliphatic heterocycles.